The van der Waals surface area contributed by atoms with E-state index in [4.69, 9.17) is 16.3 Å². The third kappa shape index (κ3) is 6.66. The number of hydrogen-bond acceptors (Lipinski definition) is 8. The first-order valence-corrected chi connectivity index (χ1v) is 15.1. The number of aliphatic hydroxyl groups excluding tert-OH is 3. The number of carbonyl (C=O) groups excluding carboxylic acids is 1. The van der Waals surface area contributed by atoms with E-state index in [0.717, 1.165) is 50.2 Å². The molecule has 0 aromatic heterocycles. The van der Waals surface area contributed by atoms with Crippen LogP contribution in [0.15, 0.2) is 0 Å². The number of ether oxygens (including phenoxy) is 1. The molecule has 10 atom stereocenters. The fourth-order valence-corrected chi connectivity index (χ4v) is 7.39. The van der Waals surface area contributed by atoms with Gasteiger partial charge in [0.1, 0.15) is 29.9 Å². The van der Waals surface area contributed by atoms with Gasteiger partial charge in [-0.25, -0.2) is 0 Å². The van der Waals surface area contributed by atoms with Gasteiger partial charge in [0.25, 0.3) is 0 Å². The van der Waals surface area contributed by atoms with E-state index in [1.165, 1.54) is 43.9 Å². The molecule has 10 heteroatoms. The maximum absolute atomic E-state index is 13.2. The summed E-state index contributed by atoms with van der Waals surface area (Å²) in [7, 11) is 0. The van der Waals surface area contributed by atoms with E-state index in [1.807, 2.05) is 0 Å². The summed E-state index contributed by atoms with van der Waals surface area (Å²) in [4.78, 5) is 13.2. The molecule has 2 heterocycles. The molecule has 5 fully saturated rings. The summed E-state index contributed by atoms with van der Waals surface area (Å²) < 4.78 is 5.86. The largest absolute Gasteiger partial charge is 0.388 e. The van der Waals surface area contributed by atoms with Gasteiger partial charge in [0.05, 0.1) is 17.5 Å². The van der Waals surface area contributed by atoms with Crippen LogP contribution in [0.1, 0.15) is 58.3 Å². The molecule has 0 radical (unpaired) electrons. The summed E-state index contributed by atoms with van der Waals surface area (Å²) in [5.41, 5.74) is -0.709. The molecule has 2 saturated heterocycles. The van der Waals surface area contributed by atoms with E-state index in [0.29, 0.717) is 5.92 Å². The van der Waals surface area contributed by atoms with Crippen molar-refractivity contribution in [1.29, 1.82) is 0 Å². The lowest BCUT2D eigenvalue weighted by Crippen LogP contribution is -2.65. The Hall–Kier alpha value is -0.130. The Morgan fingerprint density at radius 2 is 1.91 bits per heavy atom. The van der Waals surface area contributed by atoms with Crippen molar-refractivity contribution in [3.63, 3.8) is 0 Å². The van der Waals surface area contributed by atoms with E-state index < -0.39 is 41.3 Å². The molecule has 8 nitrogen and oxygen atoms in total. The highest BCUT2D eigenvalue weighted by Crippen LogP contribution is 2.48. The minimum absolute atomic E-state index is 0.165. The molecule has 6 N–H and O–H groups in total. The highest BCUT2D eigenvalue weighted by molar-refractivity contribution is 7.99. The number of hydrogen-bond donors (Lipinski definition) is 6. The van der Waals surface area contributed by atoms with Gasteiger partial charge in [0.2, 0.25) is 5.91 Å². The number of alkyl halides is 1. The lowest BCUT2D eigenvalue weighted by molar-refractivity contribution is -0.205. The van der Waals surface area contributed by atoms with Crippen LogP contribution in [-0.2, 0) is 9.53 Å². The molecule has 0 aromatic carbocycles. The smallest absolute Gasteiger partial charge is 0.237 e. The molecule has 1 amide bonds. The van der Waals surface area contributed by atoms with Crippen LogP contribution in [0.2, 0.25) is 0 Å². The summed E-state index contributed by atoms with van der Waals surface area (Å²) in [6.07, 6.45) is 6.34. The molecule has 5 aliphatic rings. The van der Waals surface area contributed by atoms with Gasteiger partial charge in [-0.3, -0.25) is 4.79 Å². The second-order valence-corrected chi connectivity index (χ2v) is 12.8. The zero-order valence-corrected chi connectivity index (χ0v) is 22.5. The Balaban J connectivity index is 1.23. The zero-order chi connectivity index (χ0) is 25.1. The van der Waals surface area contributed by atoms with Crippen LogP contribution in [0.3, 0.4) is 0 Å². The van der Waals surface area contributed by atoms with Crippen molar-refractivity contribution in [3.8, 4) is 0 Å². The molecule has 2 bridgehead atoms. The maximum Gasteiger partial charge on any atom is 0.237 e. The number of nitrogens with one attached hydrogen (secondary N) is 3. The van der Waals surface area contributed by atoms with Crippen molar-refractivity contribution in [2.45, 2.75) is 112 Å². The fourth-order valence-electron chi connectivity index (χ4n) is 6.50. The molecular formula is C25H44ClN3O5S. The molecule has 3 saturated carbocycles. The zero-order valence-electron chi connectivity index (χ0n) is 20.9. The third-order valence-corrected chi connectivity index (χ3v) is 9.87. The van der Waals surface area contributed by atoms with Gasteiger partial charge in [-0.2, -0.15) is 0 Å². The van der Waals surface area contributed by atoms with Crippen molar-refractivity contribution in [2.24, 2.45) is 17.8 Å². The number of carbonyl (C=O) groups is 1. The maximum atomic E-state index is 13.2. The molecule has 3 aliphatic carbocycles. The van der Waals surface area contributed by atoms with Crippen molar-refractivity contribution in [1.82, 2.24) is 16.0 Å². The first kappa shape index (κ1) is 27.9. The van der Waals surface area contributed by atoms with Crippen molar-refractivity contribution >= 4 is 29.3 Å². The number of halogens is 1. The van der Waals surface area contributed by atoms with Crippen molar-refractivity contribution in [3.05, 3.63) is 0 Å². The van der Waals surface area contributed by atoms with Crippen LogP contribution in [0.25, 0.3) is 0 Å². The number of fused-ring (bicyclic) bond motifs is 1. The van der Waals surface area contributed by atoms with E-state index in [1.54, 1.807) is 13.2 Å². The van der Waals surface area contributed by atoms with Crippen LogP contribution in [0, 0.1) is 17.8 Å². The molecule has 0 spiro atoms. The normalized spacial score (nSPS) is 43.1. The number of amides is 1. The topological polar surface area (TPSA) is 123 Å². The van der Waals surface area contributed by atoms with E-state index in [-0.39, 0.29) is 11.9 Å². The minimum Gasteiger partial charge on any atom is -0.388 e. The predicted octanol–water partition coefficient (Wildman–Crippen LogP) is 1.20. The van der Waals surface area contributed by atoms with Crippen molar-refractivity contribution in [2.75, 3.05) is 19.3 Å². The van der Waals surface area contributed by atoms with Crippen molar-refractivity contribution < 1.29 is 24.9 Å². The standard InChI is InChI=1S/C25H44ClN3O5S/c1-13(26)19(23-21(31)20(30)22(32)25(34-23)35-2)29-24(33)17-6-5-14(7-9-28-17)4-3-8-27-18-12-15-10-16(18)11-15/h13-23,25,27-28,30-32H,3-12H2,1-2H3,(H,29,33)/t13-,14-,15?,16?,17-,18?,19+,20?,21?,22+,23+,25?/m0/s1. The van der Waals surface area contributed by atoms with Gasteiger partial charge < -0.3 is 36.0 Å². The van der Waals surface area contributed by atoms with Crippen LogP contribution in [0.5, 0.6) is 0 Å². The first-order valence-electron chi connectivity index (χ1n) is 13.4. The minimum atomic E-state index is -1.37. The van der Waals surface area contributed by atoms with Gasteiger partial charge >= 0.3 is 0 Å². The summed E-state index contributed by atoms with van der Waals surface area (Å²) in [5.74, 6) is 2.37. The molecule has 2 aliphatic heterocycles. The highest BCUT2D eigenvalue weighted by Gasteiger charge is 2.48. The highest BCUT2D eigenvalue weighted by atomic mass is 35.5. The SMILES string of the molecule is CSC1O[C@H]([C@H](NC(=O)[C@@H]2CC[C@H](CCCNC3CC4CC3C4)CCN2)[C@H](C)Cl)C(O)C(O)[C@H]1O. The number of thioether (sulfide) groups is 1. The van der Waals surface area contributed by atoms with E-state index in [2.05, 4.69) is 16.0 Å². The van der Waals surface area contributed by atoms with Gasteiger partial charge in [-0.1, -0.05) is 0 Å². The second kappa shape index (κ2) is 12.6. The third-order valence-electron chi connectivity index (χ3n) is 8.74. The monoisotopic (exact) mass is 533 g/mol. The van der Waals surface area contributed by atoms with Crippen LogP contribution in [0.4, 0.5) is 0 Å². The Bertz CT molecular complexity index is 698. The first-order chi connectivity index (χ1) is 16.8. The van der Waals surface area contributed by atoms with Gasteiger partial charge in [-0.15, -0.1) is 23.4 Å². The number of rotatable bonds is 10. The summed E-state index contributed by atoms with van der Waals surface area (Å²) in [5, 5.41) is 40.6. The average molecular weight is 534 g/mol. The molecule has 4 unspecified atom stereocenters. The fraction of sp³-hybridized carbons (Fsp3) is 0.960. The van der Waals surface area contributed by atoms with Crippen LogP contribution >= 0.6 is 23.4 Å². The Labute approximate surface area is 218 Å². The Kier molecular flexibility index (Phi) is 10.0. The van der Waals surface area contributed by atoms with E-state index in [9.17, 15) is 20.1 Å². The molecular weight excluding hydrogens is 490 g/mol. The Morgan fingerprint density at radius 3 is 2.57 bits per heavy atom. The summed E-state index contributed by atoms with van der Waals surface area (Å²) >= 11 is 7.65. The molecule has 35 heavy (non-hydrogen) atoms. The average Bonchev–Trinajstić information content (AvgIpc) is 3.31. The predicted molar refractivity (Wildman–Crippen MR) is 138 cm³/mol. The van der Waals surface area contributed by atoms with Gasteiger partial charge in [-0.05, 0) is 95.4 Å². The lowest BCUT2D eigenvalue weighted by Gasteiger charge is -2.44. The van der Waals surface area contributed by atoms with Gasteiger partial charge in [0, 0.05) is 6.04 Å². The Morgan fingerprint density at radius 1 is 1.14 bits per heavy atom. The quantitative estimate of drug-likeness (QED) is 0.183. The summed E-state index contributed by atoms with van der Waals surface area (Å²) in [6, 6.07) is -0.276. The second-order valence-electron chi connectivity index (χ2n) is 11.2. The van der Waals surface area contributed by atoms with Gasteiger partial charge in [0.15, 0.2) is 0 Å². The summed E-state index contributed by atoms with van der Waals surface area (Å²) in [6.45, 7) is 3.62. The molecule has 202 valence electrons. The van der Waals surface area contributed by atoms with Crippen LogP contribution < -0.4 is 16.0 Å². The van der Waals surface area contributed by atoms with Crippen LogP contribution in [-0.4, -0.2) is 93.9 Å². The molecule has 0 aromatic rings. The lowest BCUT2D eigenvalue weighted by atomic mass is 9.84. The number of aliphatic hydroxyl groups is 3. The molecule has 5 rings (SSSR count). The van der Waals surface area contributed by atoms with E-state index >= 15 is 0 Å².